The number of amides is 6. The molecule has 394 valence electrons. The predicted octanol–water partition coefficient (Wildman–Crippen LogP) is 3.75. The Bertz CT molecular complexity index is 3110. The lowest BCUT2D eigenvalue weighted by Gasteiger charge is -2.39. The molecular weight excluding hydrogens is 999 g/mol. The van der Waals surface area contributed by atoms with Crippen LogP contribution in [0.2, 0.25) is 0 Å². The normalized spacial score (nSPS) is 22.0. The number of nitrogens with zero attached hydrogens (tertiary/aromatic N) is 6. The van der Waals surface area contributed by atoms with Gasteiger partial charge in [0.2, 0.25) is 35.4 Å². The molecule has 23 heteroatoms. The molecule has 4 aliphatic heterocycles. The van der Waals surface area contributed by atoms with Crippen LogP contribution >= 0.6 is 18.9 Å². The Morgan fingerprint density at radius 3 is 2.36 bits per heavy atom. The van der Waals surface area contributed by atoms with E-state index in [9.17, 15) is 52.3 Å². The Labute approximate surface area is 429 Å². The standard InChI is InChI=1S/C51H60FN8O12PS/c1-51(2,3)44(54-47(64)40-26-33-25-32(11-14-39(33)74-40)45(52)73(68,69)70)49(66)59-17-16-37(43(59)48(65)58-22-23-71-38(28-58)31-8-6-5-7-9-31)72-29-42(62)57-20-18-56(19-21-57)27-30-10-12-34-36(24-30)55(4)50(67)60(34)35-13-15-41(61)53-46(35)63/h5-12,14,24-26,35,37-38,43-45H,13,15-23,27-29H2,1-4H3,(H,54,64)(H,53,61,63)(H2,68,69,70)/t35?,37-,38+,43+,44-,45?/m1/s1. The maximum absolute atomic E-state index is 14.9. The van der Waals surface area contributed by atoms with Crippen molar-refractivity contribution in [1.82, 2.24) is 39.4 Å². The molecule has 4 N–H and O–H groups in total. The maximum atomic E-state index is 14.9. The van der Waals surface area contributed by atoms with Crippen LogP contribution in [0, 0.1) is 5.41 Å². The molecule has 6 heterocycles. The van der Waals surface area contributed by atoms with E-state index in [1.807, 2.05) is 48.5 Å². The van der Waals surface area contributed by atoms with Gasteiger partial charge in [0.05, 0.1) is 35.2 Å². The van der Waals surface area contributed by atoms with Gasteiger partial charge in [-0.3, -0.25) is 52.7 Å². The second-order valence-electron chi connectivity index (χ2n) is 20.4. The van der Waals surface area contributed by atoms with E-state index in [0.717, 1.165) is 22.5 Å². The van der Waals surface area contributed by atoms with Gasteiger partial charge in [-0.2, -0.15) is 0 Å². The number of piperazine rings is 1. The van der Waals surface area contributed by atoms with Crippen LogP contribution in [0.15, 0.2) is 77.6 Å². The van der Waals surface area contributed by atoms with Crippen molar-refractivity contribution in [3.63, 3.8) is 0 Å². The van der Waals surface area contributed by atoms with E-state index in [2.05, 4.69) is 15.5 Å². The van der Waals surface area contributed by atoms with Gasteiger partial charge in [0.15, 0.2) is 0 Å². The van der Waals surface area contributed by atoms with Crippen LogP contribution in [0.25, 0.3) is 21.1 Å². The second-order valence-corrected chi connectivity index (χ2v) is 23.1. The van der Waals surface area contributed by atoms with Crippen molar-refractivity contribution in [3.05, 3.63) is 105 Å². The number of hydrogen-bond donors (Lipinski definition) is 4. The summed E-state index contributed by atoms with van der Waals surface area (Å²) in [6, 6.07) is 17.5. The fourth-order valence-electron chi connectivity index (χ4n) is 10.3. The highest BCUT2D eigenvalue weighted by Gasteiger charge is 2.49. The monoisotopic (exact) mass is 1060 g/mol. The molecule has 6 atom stereocenters. The van der Waals surface area contributed by atoms with Crippen molar-refractivity contribution in [1.29, 1.82) is 0 Å². The number of nitrogens with one attached hydrogen (secondary N) is 2. The zero-order valence-corrected chi connectivity index (χ0v) is 43.2. The lowest BCUT2D eigenvalue weighted by molar-refractivity contribution is -0.156. The molecule has 20 nitrogen and oxygen atoms in total. The number of thiophene rings is 1. The van der Waals surface area contributed by atoms with Gasteiger partial charge in [-0.25, -0.2) is 9.18 Å². The topological polar surface area (TPSA) is 242 Å². The Kier molecular flexibility index (Phi) is 15.1. The number of carbonyl (C=O) groups excluding carboxylic acids is 6. The average Bonchev–Trinajstić information content (AvgIpc) is 4.08. The highest BCUT2D eigenvalue weighted by molar-refractivity contribution is 7.51. The van der Waals surface area contributed by atoms with E-state index in [1.165, 1.54) is 38.3 Å². The minimum atomic E-state index is -5.08. The Morgan fingerprint density at radius 2 is 1.66 bits per heavy atom. The van der Waals surface area contributed by atoms with E-state index in [0.29, 0.717) is 53.8 Å². The molecule has 2 aromatic heterocycles. The molecule has 9 rings (SSSR count). The number of likely N-dealkylation sites (tertiary alicyclic amines) is 1. The number of halogens is 1. The van der Waals surface area contributed by atoms with Crippen LogP contribution in [0.1, 0.15) is 84.5 Å². The molecule has 4 saturated heterocycles. The smallest absolute Gasteiger partial charge is 0.363 e. The lowest BCUT2D eigenvalue weighted by atomic mass is 9.85. The summed E-state index contributed by atoms with van der Waals surface area (Å²) in [6.45, 7) is 8.25. The van der Waals surface area contributed by atoms with E-state index in [-0.39, 0.29) is 86.0 Å². The number of ether oxygens (including phenoxy) is 2. The first-order valence-electron chi connectivity index (χ1n) is 24.6. The summed E-state index contributed by atoms with van der Waals surface area (Å²) in [6.07, 6.45) is -0.679. The Hall–Kier alpha value is -6.13. The number of imide groups is 1. The molecule has 0 radical (unpaired) electrons. The third-order valence-electron chi connectivity index (χ3n) is 14.4. The van der Waals surface area contributed by atoms with Gasteiger partial charge in [0, 0.05) is 64.0 Å². The second kappa shape index (κ2) is 21.2. The van der Waals surface area contributed by atoms with Crippen LogP contribution < -0.4 is 16.3 Å². The van der Waals surface area contributed by atoms with E-state index in [4.69, 9.17) is 9.47 Å². The number of piperidine rings is 1. The van der Waals surface area contributed by atoms with Gasteiger partial charge in [-0.15, -0.1) is 11.3 Å². The molecule has 0 saturated carbocycles. The van der Waals surface area contributed by atoms with E-state index >= 15 is 0 Å². The van der Waals surface area contributed by atoms with E-state index in [1.54, 1.807) is 37.6 Å². The quantitative estimate of drug-likeness (QED) is 0.0972. The number of rotatable bonds is 13. The highest BCUT2D eigenvalue weighted by atomic mass is 32.1. The average molecular weight is 1060 g/mol. The molecule has 4 fully saturated rings. The summed E-state index contributed by atoms with van der Waals surface area (Å²) in [5, 5.41) is 5.61. The number of alkyl halides is 1. The fourth-order valence-corrected chi connectivity index (χ4v) is 11.8. The third-order valence-corrected chi connectivity index (χ3v) is 16.4. The molecule has 4 aliphatic rings. The summed E-state index contributed by atoms with van der Waals surface area (Å²) >= 11 is 1.07. The van der Waals surface area contributed by atoms with Crippen LogP contribution in [0.4, 0.5) is 4.39 Å². The van der Waals surface area contributed by atoms with Crippen molar-refractivity contribution >= 4 is 75.5 Å². The zero-order chi connectivity index (χ0) is 52.8. The first kappa shape index (κ1) is 52.7. The van der Waals surface area contributed by atoms with Gasteiger partial charge in [0.1, 0.15) is 30.8 Å². The molecule has 0 aliphatic carbocycles. The van der Waals surface area contributed by atoms with Crippen molar-refractivity contribution in [2.45, 2.75) is 82.8 Å². The number of aromatic nitrogens is 2. The van der Waals surface area contributed by atoms with Crippen molar-refractivity contribution in [2.75, 3.05) is 59.0 Å². The molecule has 5 aromatic rings. The molecule has 3 aromatic carbocycles. The number of imidazole rings is 1. The zero-order valence-electron chi connectivity index (χ0n) is 41.5. The van der Waals surface area contributed by atoms with Crippen LogP contribution in [0.3, 0.4) is 0 Å². The molecule has 0 spiro atoms. The number of hydrogen-bond acceptors (Lipinski definition) is 12. The van der Waals surface area contributed by atoms with Gasteiger partial charge < -0.3 is 39.3 Å². The van der Waals surface area contributed by atoms with Crippen molar-refractivity contribution in [3.8, 4) is 0 Å². The molecular formula is C51H60FN8O12PS. The summed E-state index contributed by atoms with van der Waals surface area (Å²) < 4.78 is 42.2. The SMILES string of the molecule is Cn1c(=O)n(C2CCC(=O)NC2=O)c2ccc(CN3CCN(C(=O)CO[C@@H]4CCN(C(=O)[C@@H](NC(=O)c5cc6cc(C(F)P(=O)(O)O)ccc6s5)C(C)(C)C)[C@@H]4C(=O)N4CCO[C@H](c5ccccc5)C4)CC3)cc21. The predicted molar refractivity (Wildman–Crippen MR) is 270 cm³/mol. The summed E-state index contributed by atoms with van der Waals surface area (Å²) in [5.74, 6) is -5.19. The van der Waals surface area contributed by atoms with Crippen LogP contribution in [-0.4, -0.2) is 151 Å². The molecule has 6 amide bonds. The Morgan fingerprint density at radius 1 is 0.919 bits per heavy atom. The number of benzene rings is 3. The lowest BCUT2D eigenvalue weighted by Crippen LogP contribution is -2.60. The number of aryl methyl sites for hydroxylation is 1. The van der Waals surface area contributed by atoms with Gasteiger partial charge in [-0.05, 0) is 70.7 Å². The summed E-state index contributed by atoms with van der Waals surface area (Å²) in [4.78, 5) is 121. The first-order chi connectivity index (χ1) is 35.2. The van der Waals surface area contributed by atoms with E-state index < -0.39 is 67.0 Å². The van der Waals surface area contributed by atoms with Gasteiger partial charge >= 0.3 is 13.3 Å². The third kappa shape index (κ3) is 11.0. The largest absolute Gasteiger partial charge is 0.370 e. The summed E-state index contributed by atoms with van der Waals surface area (Å²) in [7, 11) is -3.43. The van der Waals surface area contributed by atoms with Crippen LogP contribution in [-0.2, 0) is 51.6 Å². The first-order valence-corrected chi connectivity index (χ1v) is 27.1. The molecule has 74 heavy (non-hydrogen) atoms. The van der Waals surface area contributed by atoms with Crippen LogP contribution in [0.5, 0.6) is 0 Å². The maximum Gasteiger partial charge on any atom is 0.363 e. The number of fused-ring (bicyclic) bond motifs is 2. The highest BCUT2D eigenvalue weighted by Crippen LogP contribution is 2.53. The van der Waals surface area contributed by atoms with Gasteiger partial charge in [-0.1, -0.05) is 63.2 Å². The minimum Gasteiger partial charge on any atom is -0.370 e. The summed E-state index contributed by atoms with van der Waals surface area (Å²) in [5.41, 5.74) is 1.61. The Balaban J connectivity index is 0.874. The van der Waals surface area contributed by atoms with Gasteiger partial charge in [0.25, 0.3) is 5.91 Å². The number of morpholine rings is 1. The minimum absolute atomic E-state index is 0.0961. The number of carbonyl (C=O) groups is 6. The molecule has 0 bridgehead atoms. The fraction of sp³-hybridized carbons (Fsp3) is 0.471. The molecule has 2 unspecified atom stereocenters. The van der Waals surface area contributed by atoms with Crippen molar-refractivity contribution < 1.29 is 57.0 Å². The van der Waals surface area contributed by atoms with Crippen molar-refractivity contribution in [2.24, 2.45) is 12.5 Å².